The number of aldehydes is 1. The monoisotopic (exact) mass is 766 g/mol. The van der Waals surface area contributed by atoms with Crippen molar-refractivity contribution in [3.63, 3.8) is 0 Å². The number of esters is 1. The van der Waals surface area contributed by atoms with E-state index in [0.29, 0.717) is 45.4 Å². The van der Waals surface area contributed by atoms with Crippen molar-refractivity contribution in [2.75, 3.05) is 6.61 Å². The van der Waals surface area contributed by atoms with E-state index in [9.17, 15) is 9.59 Å². The summed E-state index contributed by atoms with van der Waals surface area (Å²) in [6, 6.07) is 13.5. The lowest BCUT2D eigenvalue weighted by Gasteiger charge is -2.42. The molecule has 5 aromatic rings. The summed E-state index contributed by atoms with van der Waals surface area (Å²) in [5, 5.41) is 1.89. The van der Waals surface area contributed by atoms with Crippen LogP contribution in [0, 0.1) is 0 Å². The normalized spacial score (nSPS) is 13.1. The zero-order valence-corrected chi connectivity index (χ0v) is 36.8. The lowest BCUT2D eigenvalue weighted by Crippen LogP contribution is -2.54. The van der Waals surface area contributed by atoms with Crippen molar-refractivity contribution in [3.8, 4) is 19.5 Å². The maximum Gasteiger partial charge on any atom is 0.340 e. The number of benzene rings is 1. The fourth-order valence-electron chi connectivity index (χ4n) is 9.68. The average Bonchev–Trinajstić information content (AvgIpc) is 3.80. The molecule has 0 unspecified atom stereocenters. The molecule has 0 aliphatic carbocycles. The van der Waals surface area contributed by atoms with E-state index in [4.69, 9.17) is 4.74 Å². The number of rotatable bonds is 13. The largest absolute Gasteiger partial charge is 0.462 e. The van der Waals surface area contributed by atoms with Crippen molar-refractivity contribution in [1.82, 2.24) is 0 Å². The van der Waals surface area contributed by atoms with Crippen LogP contribution >= 0.6 is 45.3 Å². The Hall–Kier alpha value is -1.89. The van der Waals surface area contributed by atoms with E-state index in [0.717, 1.165) is 46.7 Å². The van der Waals surface area contributed by atoms with E-state index in [1.54, 1.807) is 22.7 Å². The average molecular weight is 767 g/mol. The molecule has 1 aromatic carbocycles. The van der Waals surface area contributed by atoms with Crippen LogP contribution in [0.2, 0.25) is 33.2 Å². The molecule has 9 heteroatoms. The molecule has 0 N–H and O–H groups in total. The number of ether oxygens (including phenoxy) is 1. The predicted octanol–water partition coefficient (Wildman–Crippen LogP) is 13.3. The molecule has 0 spiro atoms. The summed E-state index contributed by atoms with van der Waals surface area (Å²) in [5.41, 5.74) is 5.09. The summed E-state index contributed by atoms with van der Waals surface area (Å²) in [5.74, 6) is -0.272. The lowest BCUT2D eigenvalue weighted by molar-refractivity contribution is 0.0530. The molecule has 0 bridgehead atoms. The van der Waals surface area contributed by atoms with Gasteiger partial charge in [0.15, 0.2) is 6.29 Å². The van der Waals surface area contributed by atoms with Crippen molar-refractivity contribution in [2.24, 2.45) is 0 Å². The van der Waals surface area contributed by atoms with E-state index >= 15 is 0 Å². The summed E-state index contributed by atoms with van der Waals surface area (Å²) < 4.78 is 10.8. The third kappa shape index (κ3) is 6.12. The minimum absolute atomic E-state index is 0.272. The van der Waals surface area contributed by atoms with Gasteiger partial charge in [0.1, 0.15) is 16.1 Å². The van der Waals surface area contributed by atoms with Gasteiger partial charge in [-0.3, -0.25) is 4.79 Å². The van der Waals surface area contributed by atoms with Gasteiger partial charge >= 0.3 is 5.97 Å². The van der Waals surface area contributed by atoms with Gasteiger partial charge in [0.25, 0.3) is 0 Å². The van der Waals surface area contributed by atoms with Crippen molar-refractivity contribution in [1.29, 1.82) is 0 Å². The third-order valence-electron chi connectivity index (χ3n) is 11.4. The molecule has 5 rings (SSSR count). The van der Waals surface area contributed by atoms with Crippen LogP contribution in [0.15, 0.2) is 36.4 Å². The fourth-order valence-corrected chi connectivity index (χ4v) is 32.3. The van der Waals surface area contributed by atoms with E-state index in [2.05, 4.69) is 119 Å². The molecule has 49 heavy (non-hydrogen) atoms. The number of hydrogen-bond donors (Lipinski definition) is 0. The summed E-state index contributed by atoms with van der Waals surface area (Å²) in [6.45, 7) is 31.0. The highest BCUT2D eigenvalue weighted by Gasteiger charge is 2.47. The second-order valence-corrected chi connectivity index (χ2v) is 32.2. The third-order valence-corrected chi connectivity index (χ3v) is 32.1. The first-order valence-corrected chi connectivity index (χ1v) is 25.7. The summed E-state index contributed by atoms with van der Waals surface area (Å²) >= 11 is 7.12. The minimum atomic E-state index is -1.85. The van der Waals surface area contributed by atoms with Crippen LogP contribution in [-0.4, -0.2) is 35.0 Å². The number of thiophene rings is 4. The maximum atomic E-state index is 13.7. The second kappa shape index (κ2) is 14.6. The van der Waals surface area contributed by atoms with Crippen molar-refractivity contribution in [3.05, 3.63) is 47.5 Å². The molecule has 0 amide bonds. The molecule has 0 aliphatic rings. The number of fused-ring (bicyclic) bond motifs is 2. The van der Waals surface area contributed by atoms with Crippen molar-refractivity contribution in [2.45, 2.75) is 123 Å². The van der Waals surface area contributed by atoms with Crippen LogP contribution in [0.5, 0.6) is 0 Å². The summed E-state index contributed by atoms with van der Waals surface area (Å²) in [7, 11) is -3.67. The van der Waals surface area contributed by atoms with E-state index in [-0.39, 0.29) is 5.97 Å². The van der Waals surface area contributed by atoms with Crippen LogP contribution < -0.4 is 9.00 Å². The molecule has 0 aliphatic heterocycles. The van der Waals surface area contributed by atoms with Crippen molar-refractivity contribution < 1.29 is 14.3 Å². The Labute approximate surface area is 312 Å². The quantitative estimate of drug-likeness (QED) is 0.0681. The second-order valence-electron chi connectivity index (χ2n) is 15.5. The van der Waals surface area contributed by atoms with E-state index in [1.807, 2.05) is 29.6 Å². The zero-order chi connectivity index (χ0) is 36.2. The van der Waals surface area contributed by atoms with Crippen LogP contribution in [0.3, 0.4) is 0 Å². The first-order valence-electron chi connectivity index (χ1n) is 17.9. The van der Waals surface area contributed by atoms with Gasteiger partial charge in [-0.15, -0.1) is 45.3 Å². The summed E-state index contributed by atoms with van der Waals surface area (Å²) in [6.07, 6.45) is 1.04. The SMILES string of the molecule is CCOC(=O)c1c(-c2ccc([Si](C(C)C)(C(C)C)C(C)C)s2)sc2cc3c(C=O)c(-c4ccc([Si](C(C)C)(C(C)C)C(C)C)s4)sc3cc12. The summed E-state index contributed by atoms with van der Waals surface area (Å²) in [4.78, 5) is 30.9. The Morgan fingerprint density at radius 1 is 0.633 bits per heavy atom. The van der Waals surface area contributed by atoms with Gasteiger partial charge in [0.05, 0.1) is 21.9 Å². The van der Waals surface area contributed by atoms with Gasteiger partial charge in [-0.05, 0) is 73.4 Å². The predicted molar refractivity (Wildman–Crippen MR) is 227 cm³/mol. The molecule has 0 fully saturated rings. The molecule has 264 valence electrons. The number of carbonyl (C=O) groups is 2. The molecule has 3 nitrogen and oxygen atoms in total. The highest BCUT2D eigenvalue weighted by molar-refractivity contribution is 7.34. The highest BCUT2D eigenvalue weighted by Crippen LogP contribution is 2.49. The topological polar surface area (TPSA) is 43.4 Å². The Bertz CT molecular complexity index is 1920. The Morgan fingerprint density at radius 2 is 1.04 bits per heavy atom. The lowest BCUT2D eigenvalue weighted by atomic mass is 10.1. The Morgan fingerprint density at radius 3 is 1.47 bits per heavy atom. The highest BCUT2D eigenvalue weighted by atomic mass is 32.1. The number of carbonyl (C=O) groups excluding carboxylic acids is 2. The zero-order valence-electron chi connectivity index (χ0n) is 31.6. The molecule has 4 aromatic heterocycles. The maximum absolute atomic E-state index is 13.7. The molecule has 0 atom stereocenters. The van der Waals surface area contributed by atoms with Crippen LogP contribution in [-0.2, 0) is 4.74 Å². The van der Waals surface area contributed by atoms with E-state index < -0.39 is 16.1 Å². The van der Waals surface area contributed by atoms with Gasteiger partial charge in [0.2, 0.25) is 0 Å². The van der Waals surface area contributed by atoms with Crippen LogP contribution in [0.4, 0.5) is 0 Å². The molecule has 0 saturated carbocycles. The van der Waals surface area contributed by atoms with Crippen LogP contribution in [0.25, 0.3) is 39.7 Å². The van der Waals surface area contributed by atoms with Crippen molar-refractivity contribution >= 4 is 103 Å². The molecular formula is C40H54O3S4Si2. The molecule has 0 saturated heterocycles. The van der Waals surface area contributed by atoms with Gasteiger partial charge in [-0.2, -0.15) is 0 Å². The molecule has 0 radical (unpaired) electrons. The number of hydrogen-bond acceptors (Lipinski definition) is 7. The first kappa shape index (κ1) is 38.3. The smallest absolute Gasteiger partial charge is 0.340 e. The fraction of sp³-hybridized carbons (Fsp3) is 0.500. The van der Waals surface area contributed by atoms with Gasteiger partial charge < -0.3 is 4.74 Å². The molecule has 4 heterocycles. The van der Waals surface area contributed by atoms with Crippen LogP contribution in [0.1, 0.15) is 111 Å². The van der Waals surface area contributed by atoms with Gasteiger partial charge in [0, 0.05) is 35.5 Å². The minimum Gasteiger partial charge on any atom is -0.462 e. The molecular weight excluding hydrogens is 713 g/mol. The van der Waals surface area contributed by atoms with Gasteiger partial charge in [-0.1, -0.05) is 95.2 Å². The first-order chi connectivity index (χ1) is 23.1. The Balaban J connectivity index is 1.70. The van der Waals surface area contributed by atoms with Gasteiger partial charge in [-0.25, -0.2) is 4.79 Å². The van der Waals surface area contributed by atoms with E-state index in [1.165, 1.54) is 13.9 Å². The standard InChI is InChI=1S/C40H54O3S4Si2/c1-14-43-40(42)37-29-20-33-28(19-34(29)47-39(37)32-16-18-36(45-32)49(25(8)9,26(10)11)27(12)13)30(21-41)38(46-33)31-15-17-35(44-31)48(22(2)3,23(4)5)24(6)7/h15-27H,14H2,1-13H3. The Kier molecular flexibility index (Phi) is 11.4.